The number of thioether (sulfide) groups is 1. The van der Waals surface area contributed by atoms with E-state index in [4.69, 9.17) is 14.2 Å². The highest BCUT2D eigenvalue weighted by Crippen LogP contribution is 2.31. The number of amides is 1. The van der Waals surface area contributed by atoms with Crippen molar-refractivity contribution in [2.75, 3.05) is 32.6 Å². The van der Waals surface area contributed by atoms with Gasteiger partial charge in [0.15, 0.2) is 22.5 Å². The van der Waals surface area contributed by atoms with Gasteiger partial charge in [0.05, 0.1) is 12.9 Å². The lowest BCUT2D eigenvalue weighted by Crippen LogP contribution is -2.27. The zero-order chi connectivity index (χ0) is 23.2. The Kier molecular flexibility index (Phi) is 7.39. The number of hydrogen-bond acceptors (Lipinski definition) is 7. The normalized spacial score (nSPS) is 12.6. The summed E-state index contributed by atoms with van der Waals surface area (Å²) in [4.78, 5) is 12.4. The van der Waals surface area contributed by atoms with Gasteiger partial charge in [-0.2, -0.15) is 0 Å². The maximum atomic E-state index is 12.4. The van der Waals surface area contributed by atoms with Gasteiger partial charge in [-0.3, -0.25) is 9.36 Å². The Hall–Kier alpha value is -3.20. The molecule has 1 N–H and O–H groups in total. The predicted molar refractivity (Wildman–Crippen MR) is 127 cm³/mol. The highest BCUT2D eigenvalue weighted by molar-refractivity contribution is 7.99. The van der Waals surface area contributed by atoms with Crippen LogP contribution in [0.4, 0.5) is 0 Å². The van der Waals surface area contributed by atoms with Crippen molar-refractivity contribution in [2.24, 2.45) is 0 Å². The number of carbonyl (C=O) groups is 1. The van der Waals surface area contributed by atoms with E-state index >= 15 is 0 Å². The number of nitrogens with one attached hydrogen (secondary N) is 1. The number of aromatic nitrogens is 3. The molecule has 0 bridgehead atoms. The molecule has 9 heteroatoms. The van der Waals surface area contributed by atoms with Crippen molar-refractivity contribution in [1.29, 1.82) is 0 Å². The van der Waals surface area contributed by atoms with Crippen LogP contribution < -0.4 is 19.5 Å². The van der Waals surface area contributed by atoms with Crippen molar-refractivity contribution in [1.82, 2.24) is 20.1 Å². The van der Waals surface area contributed by atoms with Gasteiger partial charge in [0, 0.05) is 18.2 Å². The van der Waals surface area contributed by atoms with Crippen molar-refractivity contribution >= 4 is 17.7 Å². The third kappa shape index (κ3) is 5.60. The van der Waals surface area contributed by atoms with Gasteiger partial charge >= 0.3 is 0 Å². The van der Waals surface area contributed by atoms with E-state index in [-0.39, 0.29) is 17.7 Å². The fourth-order valence-corrected chi connectivity index (χ4v) is 4.45. The smallest absolute Gasteiger partial charge is 0.230 e. The molecule has 0 saturated carbocycles. The standard InChI is InChI=1S/C24H28N4O4S/c1-16(2)28-23(18-5-7-19(30-3)8-6-18)26-27-24(28)33-15-22(29)25-11-10-17-4-9-20-21(14-17)32-13-12-31-20/h4-9,14,16H,10-13,15H2,1-3H3,(H,25,29). The molecular formula is C24H28N4O4S. The molecule has 2 aromatic carbocycles. The minimum absolute atomic E-state index is 0.0400. The summed E-state index contributed by atoms with van der Waals surface area (Å²) < 4.78 is 18.4. The topological polar surface area (TPSA) is 87.5 Å². The van der Waals surface area contributed by atoms with Gasteiger partial charge in [-0.25, -0.2) is 0 Å². The Balaban J connectivity index is 1.32. The van der Waals surface area contributed by atoms with Gasteiger partial charge in [-0.1, -0.05) is 17.8 Å². The van der Waals surface area contributed by atoms with Crippen molar-refractivity contribution in [2.45, 2.75) is 31.5 Å². The lowest BCUT2D eigenvalue weighted by Gasteiger charge is -2.18. The molecule has 33 heavy (non-hydrogen) atoms. The average Bonchev–Trinajstić information content (AvgIpc) is 3.27. The lowest BCUT2D eigenvalue weighted by atomic mass is 10.1. The maximum absolute atomic E-state index is 12.4. The molecular weight excluding hydrogens is 440 g/mol. The van der Waals surface area contributed by atoms with Crippen molar-refractivity contribution in [3.05, 3.63) is 48.0 Å². The number of hydrogen-bond donors (Lipinski definition) is 1. The molecule has 0 atom stereocenters. The summed E-state index contributed by atoms with van der Waals surface area (Å²) in [7, 11) is 1.64. The van der Waals surface area contributed by atoms with Crippen molar-refractivity contribution in [3.8, 4) is 28.6 Å². The largest absolute Gasteiger partial charge is 0.497 e. The predicted octanol–water partition coefficient (Wildman–Crippen LogP) is 3.76. The van der Waals surface area contributed by atoms with E-state index in [1.54, 1.807) is 7.11 Å². The molecule has 1 aliphatic heterocycles. The van der Waals surface area contributed by atoms with Gasteiger partial charge in [-0.15, -0.1) is 10.2 Å². The highest BCUT2D eigenvalue weighted by atomic mass is 32.2. The van der Waals surface area contributed by atoms with Gasteiger partial charge in [0.2, 0.25) is 5.91 Å². The van der Waals surface area contributed by atoms with E-state index in [0.717, 1.165) is 45.8 Å². The molecule has 0 saturated heterocycles. The van der Waals surface area contributed by atoms with Crippen LogP contribution in [0.3, 0.4) is 0 Å². The summed E-state index contributed by atoms with van der Waals surface area (Å²) in [5.41, 5.74) is 2.05. The lowest BCUT2D eigenvalue weighted by molar-refractivity contribution is -0.118. The molecule has 0 spiro atoms. The number of rotatable bonds is 9. The quantitative estimate of drug-likeness (QED) is 0.479. The molecule has 3 aromatic rings. The fraction of sp³-hybridized carbons (Fsp3) is 0.375. The molecule has 2 heterocycles. The summed E-state index contributed by atoms with van der Waals surface area (Å²) in [6.07, 6.45) is 0.719. The van der Waals surface area contributed by atoms with Crippen LogP contribution in [0.15, 0.2) is 47.6 Å². The second kappa shape index (κ2) is 10.6. The molecule has 174 valence electrons. The molecule has 0 radical (unpaired) electrons. The van der Waals surface area contributed by atoms with Gasteiger partial charge < -0.3 is 19.5 Å². The van der Waals surface area contributed by atoms with Crippen LogP contribution in [0.1, 0.15) is 25.5 Å². The Morgan fingerprint density at radius 2 is 1.88 bits per heavy atom. The first-order valence-corrected chi connectivity index (χ1v) is 11.9. The summed E-state index contributed by atoms with van der Waals surface area (Å²) >= 11 is 1.39. The van der Waals surface area contributed by atoms with E-state index in [1.165, 1.54) is 11.8 Å². The highest BCUT2D eigenvalue weighted by Gasteiger charge is 2.18. The van der Waals surface area contributed by atoms with Crippen molar-refractivity contribution < 1.29 is 19.0 Å². The van der Waals surface area contributed by atoms with E-state index in [1.807, 2.05) is 42.5 Å². The van der Waals surface area contributed by atoms with Gasteiger partial charge in [0.25, 0.3) is 0 Å². The molecule has 0 unspecified atom stereocenters. The SMILES string of the molecule is COc1ccc(-c2nnc(SCC(=O)NCCc3ccc4c(c3)OCCO4)n2C(C)C)cc1. The molecule has 1 aromatic heterocycles. The number of ether oxygens (including phenoxy) is 3. The zero-order valence-corrected chi connectivity index (χ0v) is 19.9. The third-order valence-electron chi connectivity index (χ3n) is 5.20. The first-order chi connectivity index (χ1) is 16.0. The monoisotopic (exact) mass is 468 g/mol. The minimum atomic E-state index is -0.0400. The van der Waals surface area contributed by atoms with E-state index in [0.29, 0.717) is 19.8 Å². The van der Waals surface area contributed by atoms with Crippen molar-refractivity contribution in [3.63, 3.8) is 0 Å². The number of nitrogens with zero attached hydrogens (tertiary/aromatic N) is 3. The van der Waals surface area contributed by atoms with Crippen LogP contribution in [-0.4, -0.2) is 53.3 Å². The zero-order valence-electron chi connectivity index (χ0n) is 19.0. The van der Waals surface area contributed by atoms with Crippen LogP contribution in [0.25, 0.3) is 11.4 Å². The first kappa shape index (κ1) is 23.0. The average molecular weight is 469 g/mol. The summed E-state index contributed by atoms with van der Waals surface area (Å²) in [5, 5.41) is 12.4. The summed E-state index contributed by atoms with van der Waals surface area (Å²) in [6.45, 7) is 5.84. The Morgan fingerprint density at radius 3 is 2.61 bits per heavy atom. The van der Waals surface area contributed by atoms with Crippen LogP contribution in [-0.2, 0) is 11.2 Å². The Labute approximate surface area is 197 Å². The first-order valence-electron chi connectivity index (χ1n) is 10.9. The molecule has 8 nitrogen and oxygen atoms in total. The second-order valence-corrected chi connectivity index (χ2v) is 8.81. The maximum Gasteiger partial charge on any atom is 0.230 e. The fourth-order valence-electron chi connectivity index (χ4n) is 3.55. The summed E-state index contributed by atoms with van der Waals surface area (Å²) in [5.74, 6) is 3.33. The van der Waals surface area contributed by atoms with Crippen LogP contribution in [0.5, 0.6) is 17.2 Å². The number of fused-ring (bicyclic) bond motifs is 1. The molecule has 4 rings (SSSR count). The van der Waals surface area contributed by atoms with Crippen LogP contribution in [0, 0.1) is 0 Å². The van der Waals surface area contributed by atoms with Crippen LogP contribution >= 0.6 is 11.8 Å². The molecule has 0 aliphatic carbocycles. The second-order valence-electron chi connectivity index (χ2n) is 7.87. The molecule has 0 fully saturated rings. The van der Waals surface area contributed by atoms with E-state index in [2.05, 4.69) is 33.9 Å². The molecule has 1 aliphatic rings. The third-order valence-corrected chi connectivity index (χ3v) is 6.15. The number of benzene rings is 2. The summed E-state index contributed by atoms with van der Waals surface area (Å²) in [6, 6.07) is 13.8. The van der Waals surface area contributed by atoms with E-state index in [9.17, 15) is 4.79 Å². The van der Waals surface area contributed by atoms with Gasteiger partial charge in [0.1, 0.15) is 19.0 Å². The number of carbonyl (C=O) groups excluding carboxylic acids is 1. The minimum Gasteiger partial charge on any atom is -0.497 e. The Bertz CT molecular complexity index is 1100. The van der Waals surface area contributed by atoms with E-state index < -0.39 is 0 Å². The number of methoxy groups -OCH3 is 1. The van der Waals surface area contributed by atoms with Crippen LogP contribution in [0.2, 0.25) is 0 Å². The van der Waals surface area contributed by atoms with Gasteiger partial charge in [-0.05, 0) is 62.2 Å². The molecule has 1 amide bonds. The Morgan fingerprint density at radius 1 is 1.12 bits per heavy atom.